The Morgan fingerprint density at radius 3 is 2.90 bits per heavy atom. The summed E-state index contributed by atoms with van der Waals surface area (Å²) in [5.41, 5.74) is 0. The number of nitrogens with zero attached hydrogens (tertiary/aromatic N) is 1. The van der Waals surface area contributed by atoms with Gasteiger partial charge in [0.15, 0.2) is 5.96 Å². The van der Waals surface area contributed by atoms with Crippen molar-refractivity contribution in [3.8, 4) is 0 Å². The Balaban J connectivity index is 2.24. The molecule has 0 aliphatic heterocycles. The van der Waals surface area contributed by atoms with E-state index in [1.165, 1.54) is 7.11 Å². The number of guanidine groups is 1. The summed E-state index contributed by atoms with van der Waals surface area (Å²) >= 11 is 0. The first kappa shape index (κ1) is 16.1. The van der Waals surface area contributed by atoms with E-state index in [4.69, 9.17) is 4.42 Å². The van der Waals surface area contributed by atoms with E-state index in [1.54, 1.807) is 6.26 Å². The number of methoxy groups -OCH3 is 1. The van der Waals surface area contributed by atoms with Crippen LogP contribution in [0.4, 0.5) is 0 Å². The largest absolute Gasteiger partial charge is 0.469 e. The number of furan rings is 1. The molecule has 112 valence electrons. The molecule has 2 N–H and O–H groups in total. The fourth-order valence-corrected chi connectivity index (χ4v) is 1.60. The molecule has 0 fully saturated rings. The molecule has 1 heterocycles. The highest BCUT2D eigenvalue weighted by molar-refractivity contribution is 5.79. The van der Waals surface area contributed by atoms with Gasteiger partial charge in [-0.1, -0.05) is 0 Å². The molecule has 0 radical (unpaired) electrons. The smallest absolute Gasteiger partial charge is 0.305 e. The molecule has 0 bridgehead atoms. The van der Waals surface area contributed by atoms with Gasteiger partial charge in [-0.2, -0.15) is 0 Å². The van der Waals surface area contributed by atoms with Gasteiger partial charge >= 0.3 is 5.97 Å². The maximum absolute atomic E-state index is 11.0. The van der Waals surface area contributed by atoms with Crippen LogP contribution in [0.1, 0.15) is 31.9 Å². The zero-order valence-corrected chi connectivity index (χ0v) is 12.1. The predicted octanol–water partition coefficient (Wildman–Crippen LogP) is 1.68. The maximum Gasteiger partial charge on any atom is 0.305 e. The van der Waals surface area contributed by atoms with Gasteiger partial charge in [0.05, 0.1) is 13.4 Å². The predicted molar refractivity (Wildman–Crippen MR) is 77.4 cm³/mol. The zero-order chi connectivity index (χ0) is 14.6. The van der Waals surface area contributed by atoms with Crippen LogP contribution in [0.15, 0.2) is 27.8 Å². The van der Waals surface area contributed by atoms with E-state index in [2.05, 4.69) is 20.4 Å². The summed E-state index contributed by atoms with van der Waals surface area (Å²) in [4.78, 5) is 15.4. The summed E-state index contributed by atoms with van der Waals surface area (Å²) in [5, 5.41) is 6.38. The van der Waals surface area contributed by atoms with Crippen molar-refractivity contribution in [3.05, 3.63) is 24.2 Å². The average Bonchev–Trinajstić information content (AvgIpc) is 2.97. The van der Waals surface area contributed by atoms with Crippen LogP contribution in [-0.4, -0.2) is 32.1 Å². The third-order valence-corrected chi connectivity index (χ3v) is 2.65. The molecule has 0 unspecified atom stereocenters. The van der Waals surface area contributed by atoms with Crippen LogP contribution in [0, 0.1) is 0 Å². The van der Waals surface area contributed by atoms with E-state index < -0.39 is 0 Å². The highest BCUT2D eigenvalue weighted by atomic mass is 16.5. The number of esters is 1. The normalized spacial score (nSPS) is 11.2. The van der Waals surface area contributed by atoms with Gasteiger partial charge < -0.3 is 19.8 Å². The minimum Gasteiger partial charge on any atom is -0.469 e. The molecule has 20 heavy (non-hydrogen) atoms. The van der Waals surface area contributed by atoms with E-state index in [0.717, 1.165) is 37.7 Å². The van der Waals surface area contributed by atoms with Gasteiger partial charge in [-0.15, -0.1) is 0 Å². The van der Waals surface area contributed by atoms with Crippen LogP contribution in [-0.2, 0) is 16.1 Å². The maximum atomic E-state index is 11.0. The van der Waals surface area contributed by atoms with E-state index in [1.807, 2.05) is 19.1 Å². The summed E-state index contributed by atoms with van der Waals surface area (Å²) in [6, 6.07) is 3.74. The van der Waals surface area contributed by atoms with Crippen molar-refractivity contribution in [2.24, 2.45) is 4.99 Å². The van der Waals surface area contributed by atoms with Crippen molar-refractivity contribution < 1.29 is 13.9 Å². The molecule has 0 atom stereocenters. The van der Waals surface area contributed by atoms with Gasteiger partial charge in [-0.3, -0.25) is 4.79 Å². The molecule has 6 heteroatoms. The summed E-state index contributed by atoms with van der Waals surface area (Å²) in [5.74, 6) is 1.42. The zero-order valence-electron chi connectivity index (χ0n) is 12.1. The first-order valence-electron chi connectivity index (χ1n) is 6.87. The Morgan fingerprint density at radius 2 is 2.25 bits per heavy atom. The molecule has 0 saturated heterocycles. The third-order valence-electron chi connectivity index (χ3n) is 2.65. The molecule has 0 aromatic carbocycles. The van der Waals surface area contributed by atoms with Crippen molar-refractivity contribution in [2.45, 2.75) is 32.7 Å². The fraction of sp³-hybridized carbons (Fsp3) is 0.571. The quantitative estimate of drug-likeness (QED) is 0.328. The standard InChI is InChI=1S/C14H23N3O3/c1-3-15-14(17-11-12-7-6-10-20-12)16-9-5-4-8-13(18)19-2/h6-7,10H,3-5,8-9,11H2,1-2H3,(H2,15,16,17). The highest BCUT2D eigenvalue weighted by Crippen LogP contribution is 2.01. The van der Waals surface area contributed by atoms with Crippen molar-refractivity contribution in [1.82, 2.24) is 10.6 Å². The number of nitrogens with one attached hydrogen (secondary N) is 2. The van der Waals surface area contributed by atoms with Gasteiger partial charge in [-0.25, -0.2) is 4.99 Å². The SMILES string of the molecule is CCNC(=NCc1ccco1)NCCCCC(=O)OC. The van der Waals surface area contributed by atoms with E-state index in [-0.39, 0.29) is 5.97 Å². The number of hydrogen-bond donors (Lipinski definition) is 2. The second kappa shape index (κ2) is 9.89. The monoisotopic (exact) mass is 281 g/mol. The lowest BCUT2D eigenvalue weighted by molar-refractivity contribution is -0.140. The number of carbonyl (C=O) groups is 1. The number of ether oxygens (including phenoxy) is 1. The molecule has 0 aliphatic carbocycles. The van der Waals surface area contributed by atoms with Crippen LogP contribution in [0.2, 0.25) is 0 Å². The molecule has 0 aliphatic rings. The lowest BCUT2D eigenvalue weighted by atomic mass is 10.2. The fourth-order valence-electron chi connectivity index (χ4n) is 1.60. The second-order valence-electron chi connectivity index (χ2n) is 4.23. The highest BCUT2D eigenvalue weighted by Gasteiger charge is 2.01. The Kier molecular flexibility index (Phi) is 7.95. The van der Waals surface area contributed by atoms with Crippen LogP contribution < -0.4 is 10.6 Å². The molecule has 1 rings (SSSR count). The summed E-state index contributed by atoms with van der Waals surface area (Å²) in [6.45, 7) is 4.08. The minimum atomic E-state index is -0.164. The van der Waals surface area contributed by atoms with Gasteiger partial charge in [-0.05, 0) is 31.9 Å². The van der Waals surface area contributed by atoms with Crippen molar-refractivity contribution >= 4 is 11.9 Å². The van der Waals surface area contributed by atoms with Crippen molar-refractivity contribution in [1.29, 1.82) is 0 Å². The lowest BCUT2D eigenvalue weighted by Gasteiger charge is -2.10. The van der Waals surface area contributed by atoms with Crippen LogP contribution in [0.3, 0.4) is 0 Å². The first-order valence-corrected chi connectivity index (χ1v) is 6.87. The Hall–Kier alpha value is -1.98. The third kappa shape index (κ3) is 6.82. The van der Waals surface area contributed by atoms with E-state index in [0.29, 0.717) is 13.0 Å². The molecule has 6 nitrogen and oxygen atoms in total. The lowest BCUT2D eigenvalue weighted by Crippen LogP contribution is -2.37. The first-order chi connectivity index (χ1) is 9.76. The summed E-state index contributed by atoms with van der Waals surface area (Å²) < 4.78 is 9.82. The second-order valence-corrected chi connectivity index (χ2v) is 4.23. The minimum absolute atomic E-state index is 0.164. The molecular weight excluding hydrogens is 258 g/mol. The van der Waals surface area contributed by atoms with Gasteiger partial charge in [0, 0.05) is 19.5 Å². The van der Waals surface area contributed by atoms with Crippen LogP contribution in [0.5, 0.6) is 0 Å². The molecule has 0 saturated carbocycles. The van der Waals surface area contributed by atoms with E-state index >= 15 is 0 Å². The van der Waals surface area contributed by atoms with Crippen molar-refractivity contribution in [3.63, 3.8) is 0 Å². The molecule has 0 amide bonds. The Labute approximate surface area is 119 Å². The Bertz CT molecular complexity index is 402. The summed E-state index contributed by atoms with van der Waals surface area (Å²) in [7, 11) is 1.41. The Morgan fingerprint density at radius 1 is 1.40 bits per heavy atom. The molecule has 0 spiro atoms. The average molecular weight is 281 g/mol. The van der Waals surface area contributed by atoms with Gasteiger partial charge in [0.25, 0.3) is 0 Å². The number of rotatable bonds is 8. The van der Waals surface area contributed by atoms with Gasteiger partial charge in [0.2, 0.25) is 0 Å². The van der Waals surface area contributed by atoms with Crippen molar-refractivity contribution in [2.75, 3.05) is 20.2 Å². The summed E-state index contributed by atoms with van der Waals surface area (Å²) in [6.07, 6.45) is 3.79. The number of aliphatic imine (C=N–C) groups is 1. The van der Waals surface area contributed by atoms with Crippen LogP contribution in [0.25, 0.3) is 0 Å². The molecule has 1 aromatic rings. The molecule has 1 aromatic heterocycles. The topological polar surface area (TPSA) is 75.9 Å². The van der Waals surface area contributed by atoms with Crippen LogP contribution >= 0.6 is 0 Å². The number of carbonyl (C=O) groups excluding carboxylic acids is 1. The number of hydrogen-bond acceptors (Lipinski definition) is 4. The number of unbranched alkanes of at least 4 members (excludes halogenated alkanes) is 1. The van der Waals surface area contributed by atoms with Gasteiger partial charge in [0.1, 0.15) is 12.3 Å². The van der Waals surface area contributed by atoms with E-state index in [9.17, 15) is 4.79 Å². The molecular formula is C14H23N3O3.